The number of rotatable bonds is 8. The van der Waals surface area contributed by atoms with Crippen LogP contribution >= 0.6 is 57.5 Å². The summed E-state index contributed by atoms with van der Waals surface area (Å²) in [6, 6.07) is 11.0. The average Bonchev–Trinajstić information content (AvgIpc) is 3.90. The molecular formula is C42H46Cl3FN6O4S4. The molecule has 320 valence electrons. The highest BCUT2D eigenvalue weighted by Crippen LogP contribution is 2.36. The summed E-state index contributed by atoms with van der Waals surface area (Å²) < 4.78 is 69.1. The lowest BCUT2D eigenvalue weighted by Gasteiger charge is -2.38. The topological polar surface area (TPSA) is 107 Å². The number of anilines is 2. The number of benzene rings is 2. The summed E-state index contributed by atoms with van der Waals surface area (Å²) in [5.41, 5.74) is 5.98. The molecule has 0 saturated carbocycles. The van der Waals surface area contributed by atoms with E-state index in [0.717, 1.165) is 27.1 Å². The number of hydrogen-bond acceptors (Lipinski definition) is 10. The van der Waals surface area contributed by atoms with Crippen molar-refractivity contribution in [3.05, 3.63) is 118 Å². The van der Waals surface area contributed by atoms with Crippen molar-refractivity contribution in [3.63, 3.8) is 0 Å². The van der Waals surface area contributed by atoms with Gasteiger partial charge in [-0.2, -0.15) is 8.61 Å². The molecule has 0 bridgehead atoms. The van der Waals surface area contributed by atoms with Gasteiger partial charge in [-0.05, 0) is 58.0 Å². The number of halogens is 4. The van der Waals surface area contributed by atoms with Gasteiger partial charge in [-0.15, -0.1) is 45.9 Å². The van der Waals surface area contributed by atoms with E-state index in [2.05, 4.69) is 52.2 Å². The molecule has 2 fully saturated rings. The molecule has 18 heteroatoms. The summed E-state index contributed by atoms with van der Waals surface area (Å²) in [6.45, 7) is 11.5. The van der Waals surface area contributed by atoms with Crippen molar-refractivity contribution >= 4 is 87.8 Å². The first-order chi connectivity index (χ1) is 28.3. The van der Waals surface area contributed by atoms with Crippen molar-refractivity contribution in [2.24, 2.45) is 0 Å². The van der Waals surface area contributed by atoms with Gasteiger partial charge in [0.25, 0.3) is 0 Å². The molecule has 4 unspecified atom stereocenters. The van der Waals surface area contributed by atoms with Gasteiger partial charge in [0.2, 0.25) is 20.0 Å². The van der Waals surface area contributed by atoms with E-state index >= 15 is 0 Å². The zero-order chi connectivity index (χ0) is 43.0. The first kappa shape index (κ1) is 44.9. The number of alkyl halides is 2. The molecule has 4 atom stereocenters. The number of aromatic nitrogens is 2. The fraction of sp³-hybridized carbons (Fsp3) is 0.381. The number of allylic oxidation sites excluding steroid dienone is 6. The van der Waals surface area contributed by atoms with Gasteiger partial charge in [0.1, 0.15) is 16.3 Å². The van der Waals surface area contributed by atoms with Gasteiger partial charge in [0.05, 0.1) is 26.2 Å². The monoisotopic (exact) mass is 950 g/mol. The Bertz CT molecular complexity index is 2540. The molecule has 4 heterocycles. The first-order valence-electron chi connectivity index (χ1n) is 19.4. The van der Waals surface area contributed by atoms with Gasteiger partial charge < -0.3 is 9.80 Å². The van der Waals surface area contributed by atoms with Crippen LogP contribution in [0, 0.1) is 19.7 Å². The summed E-state index contributed by atoms with van der Waals surface area (Å²) >= 11 is 21.9. The van der Waals surface area contributed by atoms with Crippen LogP contribution in [0.2, 0.25) is 5.02 Å². The third kappa shape index (κ3) is 9.74. The summed E-state index contributed by atoms with van der Waals surface area (Å²) in [5.74, 6) is -0.468. The van der Waals surface area contributed by atoms with E-state index in [1.165, 1.54) is 32.8 Å². The van der Waals surface area contributed by atoms with E-state index in [-0.39, 0.29) is 5.02 Å². The number of nitrogens with zero attached hydrogens (tertiary/aromatic N) is 6. The third-order valence-electron chi connectivity index (χ3n) is 10.8. The lowest BCUT2D eigenvalue weighted by molar-refractivity contribution is 0.378. The normalized spacial score (nSPS) is 25.1. The minimum atomic E-state index is -3.58. The molecule has 2 aliphatic carbocycles. The Morgan fingerprint density at radius 2 is 1.08 bits per heavy atom. The molecule has 4 aromatic rings. The van der Waals surface area contributed by atoms with Gasteiger partial charge in [-0.1, -0.05) is 77.4 Å². The summed E-state index contributed by atoms with van der Waals surface area (Å²) in [4.78, 5) is 11.8. The van der Waals surface area contributed by atoms with Gasteiger partial charge in [-0.3, -0.25) is 0 Å². The Balaban J connectivity index is 0.000000181. The van der Waals surface area contributed by atoms with Crippen molar-refractivity contribution < 1.29 is 21.2 Å². The van der Waals surface area contributed by atoms with E-state index in [0.29, 0.717) is 58.1 Å². The molecule has 2 aliphatic heterocycles. The lowest BCUT2D eigenvalue weighted by atomic mass is 10.0. The summed E-state index contributed by atoms with van der Waals surface area (Å²) in [5, 5.41) is 4.20. The molecule has 2 aromatic carbocycles. The van der Waals surface area contributed by atoms with Crippen molar-refractivity contribution in [2.75, 3.05) is 62.2 Å². The molecule has 4 aliphatic rings. The van der Waals surface area contributed by atoms with Crippen LogP contribution in [0.15, 0.2) is 95.8 Å². The van der Waals surface area contributed by atoms with Crippen LogP contribution in [-0.4, -0.2) is 108 Å². The van der Waals surface area contributed by atoms with Crippen molar-refractivity contribution in [2.45, 2.75) is 47.9 Å². The molecular weight excluding hydrogens is 906 g/mol. The Hall–Kier alpha value is -3.12. The standard InChI is InChI=1S/C22H26ClN3O2S2.C20H20Cl2FN3O2S2/c1-16-12-17(2)14-18(13-16)19-15-29-21(24-19)25-8-10-26(11-9-25)30(27,28)20-6-4-5-7-22(20,3)23;1-20(22)7-3-2-4-18(20)30(27,28)26-10-8-25(9-11-26)19-24-17(13-29-19)14-5-6-16(23)15(21)12-14/h4-7,12-15,20H,8-11H2,1-3H3;2-7,12-13,18H,8-11H2,1H3. The van der Waals surface area contributed by atoms with Crippen molar-refractivity contribution in [3.8, 4) is 22.5 Å². The van der Waals surface area contributed by atoms with E-state index in [1.807, 2.05) is 5.38 Å². The number of thiazole rings is 2. The molecule has 0 N–H and O–H groups in total. The number of aryl methyl sites for hydroxylation is 2. The zero-order valence-corrected chi connectivity index (χ0v) is 39.0. The number of hydrogen-bond donors (Lipinski definition) is 0. The van der Waals surface area contributed by atoms with Gasteiger partial charge in [0.15, 0.2) is 10.3 Å². The predicted molar refractivity (Wildman–Crippen MR) is 248 cm³/mol. The summed E-state index contributed by atoms with van der Waals surface area (Å²) in [7, 11) is -7.10. The molecule has 0 radical (unpaired) electrons. The fourth-order valence-electron chi connectivity index (χ4n) is 7.62. The average molecular weight is 952 g/mol. The second-order valence-electron chi connectivity index (χ2n) is 15.5. The molecule has 0 spiro atoms. The molecule has 8 rings (SSSR count). The van der Waals surface area contributed by atoms with E-state index in [1.54, 1.807) is 90.2 Å². The minimum absolute atomic E-state index is 0.0544. The largest absolute Gasteiger partial charge is 0.345 e. The molecule has 10 nitrogen and oxygen atoms in total. The third-order valence-corrected chi connectivity index (χ3v) is 18.7. The number of piperazine rings is 2. The van der Waals surface area contributed by atoms with E-state index in [4.69, 9.17) is 39.8 Å². The molecule has 60 heavy (non-hydrogen) atoms. The lowest BCUT2D eigenvalue weighted by Crippen LogP contribution is -2.54. The van der Waals surface area contributed by atoms with Crippen LogP contribution < -0.4 is 9.80 Å². The molecule has 0 amide bonds. The SMILES string of the molecule is CC1(Cl)C=CC=CC1S(=O)(=O)N1CCN(c2nc(-c3ccc(F)c(Cl)c3)cs2)CC1.Cc1cc(C)cc(-c2csc(N3CCN(S(=O)(=O)C4C=CC=CC4(C)Cl)CC3)n2)c1. The summed E-state index contributed by atoms with van der Waals surface area (Å²) in [6.07, 6.45) is 13.8. The Morgan fingerprint density at radius 3 is 1.50 bits per heavy atom. The molecule has 2 saturated heterocycles. The Morgan fingerprint density at radius 1 is 0.650 bits per heavy atom. The van der Waals surface area contributed by atoms with E-state index < -0.39 is 46.1 Å². The maximum absolute atomic E-state index is 13.4. The van der Waals surface area contributed by atoms with Crippen molar-refractivity contribution in [1.29, 1.82) is 0 Å². The molecule has 2 aromatic heterocycles. The minimum Gasteiger partial charge on any atom is -0.345 e. The highest BCUT2D eigenvalue weighted by atomic mass is 35.5. The van der Waals surface area contributed by atoms with Crippen LogP contribution in [0.5, 0.6) is 0 Å². The number of sulfonamides is 2. The fourth-order valence-corrected chi connectivity index (χ4v) is 14.4. The van der Waals surface area contributed by atoms with Gasteiger partial charge >= 0.3 is 0 Å². The van der Waals surface area contributed by atoms with Crippen molar-refractivity contribution in [1.82, 2.24) is 18.6 Å². The second kappa shape index (κ2) is 17.9. The zero-order valence-electron chi connectivity index (χ0n) is 33.5. The van der Waals surface area contributed by atoms with Crippen LogP contribution in [0.4, 0.5) is 14.7 Å². The van der Waals surface area contributed by atoms with Crippen LogP contribution in [-0.2, 0) is 20.0 Å². The van der Waals surface area contributed by atoms with Gasteiger partial charge in [0, 0.05) is 74.2 Å². The maximum Gasteiger partial charge on any atom is 0.222 e. The first-order valence-corrected chi connectivity index (χ1v) is 25.3. The van der Waals surface area contributed by atoms with Crippen LogP contribution in [0.25, 0.3) is 22.5 Å². The maximum atomic E-state index is 13.4. The Labute approximate surface area is 375 Å². The van der Waals surface area contributed by atoms with Crippen LogP contribution in [0.3, 0.4) is 0 Å². The highest BCUT2D eigenvalue weighted by Gasteiger charge is 2.44. The van der Waals surface area contributed by atoms with Crippen LogP contribution in [0.1, 0.15) is 25.0 Å². The predicted octanol–water partition coefficient (Wildman–Crippen LogP) is 8.92. The Kier molecular flexibility index (Phi) is 13.4. The second-order valence-corrected chi connectivity index (χ2v) is 23.3. The van der Waals surface area contributed by atoms with E-state index in [9.17, 15) is 21.2 Å². The smallest absolute Gasteiger partial charge is 0.222 e. The highest BCUT2D eigenvalue weighted by molar-refractivity contribution is 7.90. The van der Waals surface area contributed by atoms with Gasteiger partial charge in [-0.25, -0.2) is 31.2 Å². The quantitative estimate of drug-likeness (QED) is 0.161.